The minimum Gasteiger partial charge on any atom is -0.857 e. The summed E-state index contributed by atoms with van der Waals surface area (Å²) in [4.78, 5) is 70.8. The summed E-state index contributed by atoms with van der Waals surface area (Å²) >= 11 is 30.6. The maximum absolute atomic E-state index is 12.6. The van der Waals surface area contributed by atoms with Crippen LogP contribution in [0.3, 0.4) is 0 Å². The molecule has 20 heteroatoms. The van der Waals surface area contributed by atoms with Crippen molar-refractivity contribution in [3.05, 3.63) is 115 Å². The molecule has 0 unspecified atom stereocenters. The van der Waals surface area contributed by atoms with E-state index in [9.17, 15) is 19.2 Å². The average molecular weight is 821 g/mol. The fraction of sp³-hybridized carbons (Fsp3) is 0.250. The van der Waals surface area contributed by atoms with Crippen molar-refractivity contribution < 1.29 is 39.4 Å². The molecular weight excluding hydrogens is 793 g/mol. The number of hydrogen-bond acceptors (Lipinski definition) is 10. The second-order valence-electron chi connectivity index (χ2n) is 11.0. The quantitative estimate of drug-likeness (QED) is 0.193. The number of aromatic nitrogens is 8. The SMILES string of the molecule is CC(C)c1nccc(Cl)c1-n1c(=O)[nH]c(=O)c2cc(Cl)c(Cl)nc21.COc1nc2c(cc1Cl)c(=O)[nH]c(=O)n2-c1c(Cl)ccnc1C(C)C.C[O-].[Na+]. The van der Waals surface area contributed by atoms with E-state index in [0.717, 1.165) is 7.11 Å². The number of aromatic amines is 2. The molecular formula is C32H28Cl5N8NaO6. The Bertz CT molecular complexity index is 2520. The molecule has 0 amide bonds. The summed E-state index contributed by atoms with van der Waals surface area (Å²) < 4.78 is 7.53. The molecule has 14 nitrogen and oxygen atoms in total. The van der Waals surface area contributed by atoms with Crippen LogP contribution in [0.25, 0.3) is 33.4 Å². The molecule has 6 heterocycles. The van der Waals surface area contributed by atoms with Gasteiger partial charge in [-0.3, -0.25) is 29.5 Å². The zero-order chi connectivity index (χ0) is 37.9. The summed E-state index contributed by atoms with van der Waals surface area (Å²) in [5.41, 5.74) is -0.510. The van der Waals surface area contributed by atoms with Crippen molar-refractivity contribution in [1.82, 2.24) is 39.0 Å². The predicted octanol–water partition coefficient (Wildman–Crippen LogP) is 2.44. The van der Waals surface area contributed by atoms with Crippen molar-refractivity contribution in [2.24, 2.45) is 0 Å². The third kappa shape index (κ3) is 8.56. The van der Waals surface area contributed by atoms with Crippen LogP contribution in [-0.2, 0) is 0 Å². The van der Waals surface area contributed by atoms with E-state index in [-0.39, 0.29) is 84.5 Å². The molecule has 0 aliphatic heterocycles. The second-order valence-corrected chi connectivity index (χ2v) is 13.0. The fourth-order valence-electron chi connectivity index (χ4n) is 4.97. The number of ether oxygens (including phenoxy) is 1. The molecule has 0 bridgehead atoms. The minimum absolute atomic E-state index is 0. The molecule has 0 saturated heterocycles. The summed E-state index contributed by atoms with van der Waals surface area (Å²) in [6, 6.07) is 5.89. The van der Waals surface area contributed by atoms with Crippen LogP contribution in [0.1, 0.15) is 50.9 Å². The van der Waals surface area contributed by atoms with Gasteiger partial charge in [0.2, 0.25) is 5.88 Å². The van der Waals surface area contributed by atoms with Crippen LogP contribution < -0.4 is 61.9 Å². The molecule has 2 N–H and O–H groups in total. The topological polar surface area (TPSA) is 194 Å². The molecule has 0 fully saturated rings. The van der Waals surface area contributed by atoms with Crippen molar-refractivity contribution in [3.63, 3.8) is 0 Å². The number of nitrogens with one attached hydrogen (secondary N) is 2. The van der Waals surface area contributed by atoms with Gasteiger partial charge in [0.1, 0.15) is 10.2 Å². The van der Waals surface area contributed by atoms with E-state index in [1.54, 1.807) is 24.5 Å². The Balaban J connectivity index is 0.000000263. The van der Waals surface area contributed by atoms with Crippen molar-refractivity contribution in [2.75, 3.05) is 14.2 Å². The second kappa shape index (κ2) is 18.1. The molecule has 6 rings (SSSR count). The van der Waals surface area contributed by atoms with Gasteiger partial charge in [-0.15, -0.1) is 0 Å². The molecule has 52 heavy (non-hydrogen) atoms. The Morgan fingerprint density at radius 3 is 1.48 bits per heavy atom. The molecule has 0 radical (unpaired) electrons. The number of methoxy groups -OCH3 is 1. The summed E-state index contributed by atoms with van der Waals surface area (Å²) in [6.45, 7) is 7.68. The molecule has 0 aromatic carbocycles. The van der Waals surface area contributed by atoms with Crippen LogP contribution in [0, 0.1) is 0 Å². The summed E-state index contributed by atoms with van der Waals surface area (Å²) in [5.74, 6) is 0.0613. The number of hydrogen-bond donors (Lipinski definition) is 2. The van der Waals surface area contributed by atoms with Crippen LogP contribution in [-0.4, -0.2) is 53.3 Å². The minimum atomic E-state index is -0.685. The smallest absolute Gasteiger partial charge is 0.857 e. The van der Waals surface area contributed by atoms with E-state index in [4.69, 9.17) is 67.8 Å². The Labute approximate surface area is 342 Å². The Morgan fingerprint density at radius 1 is 0.673 bits per heavy atom. The third-order valence-corrected chi connectivity index (χ3v) is 8.69. The molecule has 0 aliphatic rings. The van der Waals surface area contributed by atoms with E-state index in [0.29, 0.717) is 32.8 Å². The van der Waals surface area contributed by atoms with E-state index in [1.165, 1.54) is 28.4 Å². The molecule has 0 saturated carbocycles. The first-order chi connectivity index (χ1) is 24.2. The Kier molecular flexibility index (Phi) is 15.0. The molecule has 0 spiro atoms. The van der Waals surface area contributed by atoms with Crippen LogP contribution in [0.5, 0.6) is 5.88 Å². The Morgan fingerprint density at radius 2 is 1.08 bits per heavy atom. The van der Waals surface area contributed by atoms with Crippen molar-refractivity contribution >= 4 is 80.1 Å². The van der Waals surface area contributed by atoms with Crippen molar-refractivity contribution in [3.8, 4) is 17.3 Å². The standard InChI is InChI=1S/C16H14Cl2N4O3.C15H11Cl3N4O2.CH3O.Na/c1-7(2)11-12(9(17)4-5-19-11)22-13-8(14(23)21-16(22)24)6-10(18)15(20-13)25-3;1-6(2)10-11(8(16)3-4-19-10)22-13-7(14(23)21-15(22)24)5-9(17)12(18)20-13;1-2;/h4-7H,1-3H3,(H,21,23,24);3-6H,1-2H3,(H,21,23,24);1H3;/q;;-1;+1. The maximum Gasteiger partial charge on any atom is 1.00 e. The number of rotatable bonds is 5. The molecule has 268 valence electrons. The number of pyridine rings is 4. The largest absolute Gasteiger partial charge is 1.00 e. The monoisotopic (exact) mass is 818 g/mol. The van der Waals surface area contributed by atoms with Gasteiger partial charge in [-0.2, -0.15) is 12.1 Å². The van der Waals surface area contributed by atoms with Gasteiger partial charge in [0.25, 0.3) is 11.1 Å². The first kappa shape index (κ1) is 43.1. The van der Waals surface area contributed by atoms with Gasteiger partial charge < -0.3 is 9.84 Å². The zero-order valence-electron chi connectivity index (χ0n) is 28.6. The number of H-pyrrole nitrogens is 2. The Hall–Kier alpha value is -3.31. The van der Waals surface area contributed by atoms with Crippen LogP contribution in [0.15, 0.2) is 55.8 Å². The van der Waals surface area contributed by atoms with Gasteiger partial charge in [-0.1, -0.05) is 85.7 Å². The molecule has 0 aliphatic carbocycles. The normalized spacial score (nSPS) is 10.8. The van der Waals surface area contributed by atoms with E-state index >= 15 is 0 Å². The average Bonchev–Trinajstić information content (AvgIpc) is 3.08. The van der Waals surface area contributed by atoms with Crippen LogP contribution in [0.4, 0.5) is 0 Å². The van der Waals surface area contributed by atoms with E-state index in [1.807, 2.05) is 27.7 Å². The predicted molar refractivity (Wildman–Crippen MR) is 197 cm³/mol. The molecule has 0 atom stereocenters. The van der Waals surface area contributed by atoms with Gasteiger partial charge in [0.05, 0.1) is 55.7 Å². The maximum atomic E-state index is 12.6. The van der Waals surface area contributed by atoms with Gasteiger partial charge in [-0.25, -0.2) is 23.7 Å². The fourth-order valence-corrected chi connectivity index (χ4v) is 5.95. The van der Waals surface area contributed by atoms with Crippen LogP contribution in [0.2, 0.25) is 25.2 Å². The van der Waals surface area contributed by atoms with Crippen LogP contribution >= 0.6 is 58.0 Å². The van der Waals surface area contributed by atoms with Gasteiger partial charge in [0, 0.05) is 12.4 Å². The third-order valence-electron chi connectivity index (χ3n) is 7.14. The summed E-state index contributed by atoms with van der Waals surface area (Å²) in [7, 11) is 2.15. The van der Waals surface area contributed by atoms with E-state index in [2.05, 4.69) is 29.9 Å². The summed E-state index contributed by atoms with van der Waals surface area (Å²) in [6.07, 6.45) is 3.11. The molecule has 6 aromatic rings. The van der Waals surface area contributed by atoms with Gasteiger partial charge in [-0.05, 0) is 36.1 Å². The summed E-state index contributed by atoms with van der Waals surface area (Å²) in [5, 5.41) is 9.38. The molecule has 6 aromatic heterocycles. The number of fused-ring (bicyclic) bond motifs is 2. The van der Waals surface area contributed by atoms with Crippen molar-refractivity contribution in [2.45, 2.75) is 39.5 Å². The number of halogens is 5. The first-order valence-corrected chi connectivity index (χ1v) is 16.7. The van der Waals surface area contributed by atoms with Gasteiger partial charge >= 0.3 is 40.9 Å². The number of nitrogens with zero attached hydrogens (tertiary/aromatic N) is 6. The zero-order valence-corrected chi connectivity index (χ0v) is 34.4. The van der Waals surface area contributed by atoms with E-state index < -0.39 is 22.5 Å². The van der Waals surface area contributed by atoms with Crippen molar-refractivity contribution in [1.29, 1.82) is 0 Å². The van der Waals surface area contributed by atoms with Gasteiger partial charge in [0.15, 0.2) is 11.3 Å². The first-order valence-electron chi connectivity index (χ1n) is 14.8.